The quantitative estimate of drug-likeness (QED) is 0.784. The number of rotatable bonds is 4. The monoisotopic (exact) mass is 190 g/mol. The van der Waals surface area contributed by atoms with Crippen LogP contribution in [0.4, 0.5) is 8.78 Å². The molecule has 0 aliphatic carbocycles. The number of aromatic nitrogens is 1. The van der Waals surface area contributed by atoms with E-state index in [-0.39, 0.29) is 6.54 Å². The van der Waals surface area contributed by atoms with Gasteiger partial charge in [0.15, 0.2) is 5.89 Å². The van der Waals surface area contributed by atoms with E-state index >= 15 is 0 Å². The van der Waals surface area contributed by atoms with Crippen molar-refractivity contribution in [2.45, 2.75) is 26.8 Å². The zero-order valence-corrected chi connectivity index (χ0v) is 7.60. The van der Waals surface area contributed by atoms with Gasteiger partial charge >= 0.3 is 0 Å². The SMILES string of the molecule is Cc1nc(C)c(CNCC(F)F)o1. The lowest BCUT2D eigenvalue weighted by molar-refractivity contribution is 0.144. The minimum Gasteiger partial charge on any atom is -0.444 e. The summed E-state index contributed by atoms with van der Waals surface area (Å²) in [5, 5.41) is 2.57. The molecule has 0 spiro atoms. The predicted octanol–water partition coefficient (Wildman–Crippen LogP) is 1.65. The molecule has 0 aromatic carbocycles. The Kier molecular flexibility index (Phi) is 3.36. The lowest BCUT2D eigenvalue weighted by Crippen LogP contribution is -2.20. The van der Waals surface area contributed by atoms with Gasteiger partial charge in [-0.3, -0.25) is 0 Å². The van der Waals surface area contributed by atoms with Gasteiger partial charge < -0.3 is 9.73 Å². The summed E-state index contributed by atoms with van der Waals surface area (Å²) in [4.78, 5) is 4.01. The Morgan fingerprint density at radius 2 is 2.15 bits per heavy atom. The fourth-order valence-electron chi connectivity index (χ4n) is 1.03. The lowest BCUT2D eigenvalue weighted by atomic mass is 10.3. The van der Waals surface area contributed by atoms with E-state index in [1.165, 1.54) is 0 Å². The van der Waals surface area contributed by atoms with Crippen LogP contribution in [-0.2, 0) is 6.54 Å². The highest BCUT2D eigenvalue weighted by Gasteiger charge is 2.07. The van der Waals surface area contributed by atoms with Gasteiger partial charge in [-0.15, -0.1) is 0 Å². The van der Waals surface area contributed by atoms with E-state index in [2.05, 4.69) is 10.3 Å². The third-order valence-electron chi connectivity index (χ3n) is 1.58. The Balaban J connectivity index is 2.40. The standard InChI is InChI=1S/C8H12F2N2O/c1-5-7(13-6(2)12-5)3-11-4-8(9)10/h8,11H,3-4H2,1-2H3. The van der Waals surface area contributed by atoms with Crippen LogP contribution >= 0.6 is 0 Å². The first kappa shape index (κ1) is 10.1. The summed E-state index contributed by atoms with van der Waals surface area (Å²) in [5.74, 6) is 1.18. The highest BCUT2D eigenvalue weighted by atomic mass is 19.3. The maximum atomic E-state index is 11.7. The average Bonchev–Trinajstić information content (AvgIpc) is 2.29. The lowest BCUT2D eigenvalue weighted by Gasteiger charge is -2.00. The van der Waals surface area contributed by atoms with E-state index < -0.39 is 6.43 Å². The molecule has 0 atom stereocenters. The Bertz CT molecular complexity index is 273. The number of hydrogen-bond acceptors (Lipinski definition) is 3. The molecule has 1 aromatic heterocycles. The van der Waals surface area contributed by atoms with Crippen molar-refractivity contribution in [3.8, 4) is 0 Å². The predicted molar refractivity (Wildman–Crippen MR) is 43.7 cm³/mol. The summed E-state index contributed by atoms with van der Waals surface area (Å²) < 4.78 is 28.6. The Morgan fingerprint density at radius 3 is 2.62 bits per heavy atom. The number of aryl methyl sites for hydroxylation is 2. The van der Waals surface area contributed by atoms with Crippen LogP contribution in [0, 0.1) is 13.8 Å². The first-order valence-corrected chi connectivity index (χ1v) is 4.01. The van der Waals surface area contributed by atoms with E-state index in [9.17, 15) is 8.78 Å². The van der Waals surface area contributed by atoms with Crippen LogP contribution in [0.5, 0.6) is 0 Å². The molecule has 1 rings (SSSR count). The van der Waals surface area contributed by atoms with Gasteiger partial charge in [-0.2, -0.15) is 0 Å². The molecule has 0 radical (unpaired) electrons. The third-order valence-corrected chi connectivity index (χ3v) is 1.58. The smallest absolute Gasteiger partial charge is 0.250 e. The van der Waals surface area contributed by atoms with Crippen molar-refractivity contribution >= 4 is 0 Å². The zero-order chi connectivity index (χ0) is 9.84. The molecule has 1 heterocycles. The second-order valence-corrected chi connectivity index (χ2v) is 2.76. The van der Waals surface area contributed by atoms with Gasteiger partial charge in [0, 0.05) is 6.92 Å². The largest absolute Gasteiger partial charge is 0.444 e. The molecule has 0 fully saturated rings. The van der Waals surface area contributed by atoms with Crippen molar-refractivity contribution in [1.29, 1.82) is 0 Å². The number of halogens is 2. The van der Waals surface area contributed by atoms with Crippen molar-refractivity contribution in [1.82, 2.24) is 10.3 Å². The fraction of sp³-hybridized carbons (Fsp3) is 0.625. The second-order valence-electron chi connectivity index (χ2n) is 2.76. The summed E-state index contributed by atoms with van der Waals surface area (Å²) in [6.45, 7) is 3.50. The summed E-state index contributed by atoms with van der Waals surface area (Å²) in [5.41, 5.74) is 0.749. The first-order chi connectivity index (χ1) is 6.09. The zero-order valence-electron chi connectivity index (χ0n) is 7.60. The van der Waals surface area contributed by atoms with E-state index in [4.69, 9.17) is 4.42 Å². The average molecular weight is 190 g/mol. The maximum absolute atomic E-state index is 11.7. The molecule has 74 valence electrons. The summed E-state index contributed by atoms with van der Waals surface area (Å²) >= 11 is 0. The van der Waals surface area contributed by atoms with E-state index in [1.54, 1.807) is 13.8 Å². The summed E-state index contributed by atoms with van der Waals surface area (Å²) in [6, 6.07) is 0. The molecule has 0 bridgehead atoms. The summed E-state index contributed by atoms with van der Waals surface area (Å²) in [6.07, 6.45) is -2.33. The Morgan fingerprint density at radius 1 is 1.46 bits per heavy atom. The molecule has 0 aliphatic rings. The molecule has 0 saturated heterocycles. The number of hydrogen-bond donors (Lipinski definition) is 1. The van der Waals surface area contributed by atoms with Crippen LogP contribution in [-0.4, -0.2) is 18.0 Å². The molecule has 0 saturated carbocycles. The van der Waals surface area contributed by atoms with E-state index in [0.717, 1.165) is 5.69 Å². The number of oxazole rings is 1. The first-order valence-electron chi connectivity index (χ1n) is 4.01. The van der Waals surface area contributed by atoms with Crippen molar-refractivity contribution in [3.05, 3.63) is 17.3 Å². The van der Waals surface area contributed by atoms with Crippen LogP contribution in [0.15, 0.2) is 4.42 Å². The molecule has 1 N–H and O–H groups in total. The molecule has 5 heteroatoms. The number of nitrogens with zero attached hydrogens (tertiary/aromatic N) is 1. The van der Waals surface area contributed by atoms with Crippen molar-refractivity contribution in [2.24, 2.45) is 0 Å². The fourth-order valence-corrected chi connectivity index (χ4v) is 1.03. The second kappa shape index (κ2) is 4.32. The number of nitrogens with one attached hydrogen (secondary N) is 1. The molecule has 13 heavy (non-hydrogen) atoms. The Labute approximate surface area is 75.2 Å². The van der Waals surface area contributed by atoms with E-state index in [1.807, 2.05) is 0 Å². The van der Waals surface area contributed by atoms with Crippen LogP contribution in [0.1, 0.15) is 17.3 Å². The van der Waals surface area contributed by atoms with Crippen LogP contribution in [0.3, 0.4) is 0 Å². The van der Waals surface area contributed by atoms with Crippen LogP contribution in [0.25, 0.3) is 0 Å². The van der Waals surface area contributed by atoms with Gasteiger partial charge in [0.25, 0.3) is 6.43 Å². The van der Waals surface area contributed by atoms with E-state index in [0.29, 0.717) is 18.2 Å². The van der Waals surface area contributed by atoms with Gasteiger partial charge in [-0.05, 0) is 6.92 Å². The molecular weight excluding hydrogens is 178 g/mol. The molecule has 3 nitrogen and oxygen atoms in total. The van der Waals surface area contributed by atoms with Crippen LogP contribution < -0.4 is 5.32 Å². The molecular formula is C8H12F2N2O. The molecule has 0 aliphatic heterocycles. The summed E-state index contributed by atoms with van der Waals surface area (Å²) in [7, 11) is 0. The van der Waals surface area contributed by atoms with Gasteiger partial charge in [-0.25, -0.2) is 13.8 Å². The molecule has 0 unspecified atom stereocenters. The normalized spacial score (nSPS) is 11.2. The number of alkyl halides is 2. The molecule has 1 aromatic rings. The van der Waals surface area contributed by atoms with Crippen molar-refractivity contribution in [2.75, 3.05) is 6.54 Å². The van der Waals surface area contributed by atoms with Crippen molar-refractivity contribution < 1.29 is 13.2 Å². The molecule has 0 amide bonds. The van der Waals surface area contributed by atoms with Crippen molar-refractivity contribution in [3.63, 3.8) is 0 Å². The van der Waals surface area contributed by atoms with Crippen LogP contribution in [0.2, 0.25) is 0 Å². The third kappa shape index (κ3) is 3.10. The van der Waals surface area contributed by atoms with Gasteiger partial charge in [0.1, 0.15) is 5.76 Å². The topological polar surface area (TPSA) is 38.1 Å². The highest BCUT2D eigenvalue weighted by molar-refractivity contribution is 5.06. The minimum absolute atomic E-state index is 0.303. The van der Waals surface area contributed by atoms with Gasteiger partial charge in [0.05, 0.1) is 18.8 Å². The highest BCUT2D eigenvalue weighted by Crippen LogP contribution is 2.08. The Hall–Kier alpha value is -0.970. The minimum atomic E-state index is -2.33. The van der Waals surface area contributed by atoms with Gasteiger partial charge in [-0.1, -0.05) is 0 Å². The van der Waals surface area contributed by atoms with Gasteiger partial charge in [0.2, 0.25) is 0 Å². The maximum Gasteiger partial charge on any atom is 0.250 e.